The number of anilines is 1. The molecule has 0 aliphatic rings. The second-order valence-corrected chi connectivity index (χ2v) is 4.14. The number of hydrogen-bond donors (Lipinski definition) is 1. The lowest BCUT2D eigenvalue weighted by Gasteiger charge is -2.17. The van der Waals surface area contributed by atoms with Crippen molar-refractivity contribution in [3.63, 3.8) is 0 Å². The summed E-state index contributed by atoms with van der Waals surface area (Å²) in [7, 11) is 0. The van der Waals surface area contributed by atoms with Crippen molar-refractivity contribution < 1.29 is 18.0 Å². The largest absolute Gasteiger partial charge is 0.322 e. The van der Waals surface area contributed by atoms with Crippen LogP contribution in [0.4, 0.5) is 18.9 Å². The van der Waals surface area contributed by atoms with Crippen LogP contribution in [0.5, 0.6) is 0 Å². The summed E-state index contributed by atoms with van der Waals surface area (Å²) >= 11 is 0. The van der Waals surface area contributed by atoms with Crippen LogP contribution in [0.2, 0.25) is 0 Å². The average Bonchev–Trinajstić information content (AvgIpc) is 2.40. The molecule has 0 heterocycles. The molecule has 0 bridgehead atoms. The second-order valence-electron chi connectivity index (χ2n) is 4.14. The van der Waals surface area contributed by atoms with Gasteiger partial charge in [-0.2, -0.15) is 5.26 Å². The highest BCUT2D eigenvalue weighted by atomic mass is 19.2. The monoisotopic (exact) mass is 285 g/mol. The third-order valence-electron chi connectivity index (χ3n) is 2.51. The highest BCUT2D eigenvalue weighted by Gasteiger charge is 2.16. The highest BCUT2D eigenvalue weighted by Crippen LogP contribution is 2.19. The van der Waals surface area contributed by atoms with Crippen molar-refractivity contribution in [2.24, 2.45) is 0 Å². The lowest BCUT2D eigenvalue weighted by Crippen LogP contribution is -2.34. The van der Waals surface area contributed by atoms with Crippen LogP contribution < -0.4 is 5.32 Å². The van der Waals surface area contributed by atoms with Gasteiger partial charge in [0.1, 0.15) is 0 Å². The first-order chi connectivity index (χ1) is 9.49. The number of benzene rings is 1. The van der Waals surface area contributed by atoms with Gasteiger partial charge in [0.2, 0.25) is 5.91 Å². The molecule has 0 fully saturated rings. The Morgan fingerprint density at radius 3 is 2.65 bits per heavy atom. The minimum absolute atomic E-state index is 0.0571. The summed E-state index contributed by atoms with van der Waals surface area (Å²) < 4.78 is 39.1. The Labute approximate surface area is 114 Å². The van der Waals surface area contributed by atoms with Crippen LogP contribution in [-0.4, -0.2) is 30.4 Å². The molecule has 0 spiro atoms. The van der Waals surface area contributed by atoms with Crippen molar-refractivity contribution in [2.75, 3.05) is 25.0 Å². The summed E-state index contributed by atoms with van der Waals surface area (Å²) in [5, 5.41) is 10.8. The summed E-state index contributed by atoms with van der Waals surface area (Å²) in [6.07, 6.45) is 0.745. The van der Waals surface area contributed by atoms with Gasteiger partial charge in [0, 0.05) is 0 Å². The molecule has 4 nitrogen and oxygen atoms in total. The van der Waals surface area contributed by atoms with Gasteiger partial charge in [0.05, 0.1) is 24.8 Å². The topological polar surface area (TPSA) is 56.1 Å². The number of nitrogens with one attached hydrogen (secondary N) is 1. The van der Waals surface area contributed by atoms with Crippen LogP contribution >= 0.6 is 0 Å². The van der Waals surface area contributed by atoms with Crippen LogP contribution in [0.25, 0.3) is 0 Å². The fourth-order valence-corrected chi connectivity index (χ4v) is 1.65. The fraction of sp³-hybridized carbons (Fsp3) is 0.385. The summed E-state index contributed by atoms with van der Waals surface area (Å²) in [5.41, 5.74) is -0.428. The molecule has 1 rings (SSSR count). The van der Waals surface area contributed by atoms with E-state index in [-0.39, 0.29) is 13.1 Å². The molecule has 1 amide bonds. The lowest BCUT2D eigenvalue weighted by molar-refractivity contribution is -0.117. The van der Waals surface area contributed by atoms with E-state index in [0.29, 0.717) is 6.54 Å². The van der Waals surface area contributed by atoms with E-state index in [1.54, 1.807) is 4.90 Å². The van der Waals surface area contributed by atoms with Crippen molar-refractivity contribution >= 4 is 11.6 Å². The third-order valence-corrected chi connectivity index (χ3v) is 2.51. The number of nitriles is 1. The Bertz CT molecular complexity index is 528. The SMILES string of the molecule is CCCN(CC#N)CC(=O)Nc1ccc(F)c(F)c1F. The van der Waals surface area contributed by atoms with Gasteiger partial charge < -0.3 is 5.32 Å². The first-order valence-corrected chi connectivity index (χ1v) is 6.02. The van der Waals surface area contributed by atoms with Gasteiger partial charge in [-0.1, -0.05) is 6.92 Å². The highest BCUT2D eigenvalue weighted by molar-refractivity contribution is 5.92. The van der Waals surface area contributed by atoms with E-state index in [0.717, 1.165) is 18.6 Å². The summed E-state index contributed by atoms with van der Waals surface area (Å²) in [4.78, 5) is 13.2. The molecule has 0 aliphatic heterocycles. The number of amides is 1. The van der Waals surface area contributed by atoms with E-state index < -0.39 is 29.0 Å². The maximum absolute atomic E-state index is 13.4. The van der Waals surface area contributed by atoms with Gasteiger partial charge in [-0.25, -0.2) is 13.2 Å². The molecule has 0 aliphatic carbocycles. The Hall–Kier alpha value is -2.07. The number of halogens is 3. The molecular weight excluding hydrogens is 271 g/mol. The van der Waals surface area contributed by atoms with Gasteiger partial charge >= 0.3 is 0 Å². The van der Waals surface area contributed by atoms with E-state index >= 15 is 0 Å². The predicted octanol–water partition coefficient (Wildman–Crippen LogP) is 2.28. The predicted molar refractivity (Wildman–Crippen MR) is 67.3 cm³/mol. The maximum Gasteiger partial charge on any atom is 0.238 e. The van der Waals surface area contributed by atoms with Crippen molar-refractivity contribution in [3.8, 4) is 6.07 Å². The fourth-order valence-electron chi connectivity index (χ4n) is 1.65. The third kappa shape index (κ3) is 4.24. The number of carbonyl (C=O) groups is 1. The molecule has 1 aromatic carbocycles. The normalized spacial score (nSPS) is 10.4. The van der Waals surface area contributed by atoms with Crippen molar-refractivity contribution in [1.82, 2.24) is 4.90 Å². The molecule has 0 unspecified atom stereocenters. The molecule has 1 aromatic rings. The number of nitrogens with zero attached hydrogens (tertiary/aromatic N) is 2. The molecule has 0 atom stereocenters. The van der Waals surface area contributed by atoms with Gasteiger partial charge in [-0.05, 0) is 25.1 Å². The smallest absolute Gasteiger partial charge is 0.238 e. The summed E-state index contributed by atoms with van der Waals surface area (Å²) in [6, 6.07) is 3.59. The van der Waals surface area contributed by atoms with E-state index in [2.05, 4.69) is 5.32 Å². The number of rotatable bonds is 6. The van der Waals surface area contributed by atoms with E-state index in [4.69, 9.17) is 5.26 Å². The molecule has 1 N–H and O–H groups in total. The quantitative estimate of drug-likeness (QED) is 0.644. The first kappa shape index (κ1) is 16.0. The molecule has 0 saturated carbocycles. The zero-order chi connectivity index (χ0) is 15.1. The minimum Gasteiger partial charge on any atom is -0.322 e. The Morgan fingerprint density at radius 1 is 1.35 bits per heavy atom. The molecule has 7 heteroatoms. The first-order valence-electron chi connectivity index (χ1n) is 6.02. The van der Waals surface area contributed by atoms with Crippen molar-refractivity contribution in [2.45, 2.75) is 13.3 Å². The zero-order valence-electron chi connectivity index (χ0n) is 10.9. The van der Waals surface area contributed by atoms with E-state index in [1.165, 1.54) is 0 Å². The summed E-state index contributed by atoms with van der Waals surface area (Å²) in [6.45, 7) is 2.35. The van der Waals surface area contributed by atoms with Crippen LogP contribution in [0.1, 0.15) is 13.3 Å². The minimum atomic E-state index is -1.63. The Morgan fingerprint density at radius 2 is 2.05 bits per heavy atom. The van der Waals surface area contributed by atoms with Crippen LogP contribution in [0.15, 0.2) is 12.1 Å². The molecule has 20 heavy (non-hydrogen) atoms. The molecule has 108 valence electrons. The van der Waals surface area contributed by atoms with Crippen molar-refractivity contribution in [1.29, 1.82) is 5.26 Å². The molecular formula is C13H14F3N3O. The van der Waals surface area contributed by atoms with Gasteiger partial charge in [0.15, 0.2) is 17.5 Å². The van der Waals surface area contributed by atoms with E-state index in [1.807, 2.05) is 13.0 Å². The van der Waals surface area contributed by atoms with Gasteiger partial charge in [-0.3, -0.25) is 9.69 Å². The van der Waals surface area contributed by atoms with E-state index in [9.17, 15) is 18.0 Å². The Balaban J connectivity index is 2.71. The standard InChI is InChI=1S/C13H14F3N3O/c1-2-6-19(7-5-17)8-11(20)18-10-4-3-9(14)12(15)13(10)16/h3-4H,2,6-8H2,1H3,(H,18,20). The van der Waals surface area contributed by atoms with Crippen LogP contribution in [0.3, 0.4) is 0 Å². The van der Waals surface area contributed by atoms with Crippen LogP contribution in [-0.2, 0) is 4.79 Å². The van der Waals surface area contributed by atoms with Gasteiger partial charge in [-0.15, -0.1) is 0 Å². The second kappa shape index (κ2) is 7.50. The molecule has 0 aromatic heterocycles. The maximum atomic E-state index is 13.4. The zero-order valence-corrected chi connectivity index (χ0v) is 10.9. The Kier molecular flexibility index (Phi) is 6.00. The molecule has 0 radical (unpaired) electrons. The lowest BCUT2D eigenvalue weighted by atomic mass is 10.2. The van der Waals surface area contributed by atoms with Crippen LogP contribution in [0, 0.1) is 28.8 Å². The number of carbonyl (C=O) groups excluding carboxylic acids is 1. The summed E-state index contributed by atoms with van der Waals surface area (Å²) in [5.74, 6) is -5.00. The van der Waals surface area contributed by atoms with Gasteiger partial charge in [0.25, 0.3) is 0 Å². The number of hydrogen-bond acceptors (Lipinski definition) is 3. The average molecular weight is 285 g/mol. The van der Waals surface area contributed by atoms with Crippen molar-refractivity contribution in [3.05, 3.63) is 29.6 Å². The molecule has 0 saturated heterocycles.